The zero-order chi connectivity index (χ0) is 51.6. The van der Waals surface area contributed by atoms with E-state index in [1.165, 1.54) is 6.20 Å². The second-order valence-electron chi connectivity index (χ2n) is 17.4. The number of amides is 3. The summed E-state index contributed by atoms with van der Waals surface area (Å²) in [7, 11) is -4.15. The minimum atomic E-state index is -4.15. The third-order valence-electron chi connectivity index (χ3n) is 12.2. The van der Waals surface area contributed by atoms with Crippen molar-refractivity contribution in [2.75, 3.05) is 62.9 Å². The number of pyridine rings is 1. The van der Waals surface area contributed by atoms with Crippen LogP contribution < -0.4 is 36.5 Å². The van der Waals surface area contributed by atoms with Gasteiger partial charge in [-0.1, -0.05) is 24.3 Å². The molecule has 8 rings (SSSR count). The maximum absolute atomic E-state index is 14.1. The first-order valence-corrected chi connectivity index (χ1v) is 25.3. The molecule has 7 N–H and O–H groups in total. The van der Waals surface area contributed by atoms with Crippen molar-refractivity contribution >= 4 is 78.4 Å². The Labute approximate surface area is 419 Å². The van der Waals surface area contributed by atoms with Gasteiger partial charge in [0.2, 0.25) is 22.9 Å². The van der Waals surface area contributed by atoms with Crippen LogP contribution in [0.4, 0.5) is 11.6 Å². The number of hydrogen-bond acceptors (Lipinski definition) is 15. The van der Waals surface area contributed by atoms with E-state index in [-0.39, 0.29) is 93.9 Å². The lowest BCUT2D eigenvalue weighted by Gasteiger charge is -2.24. The van der Waals surface area contributed by atoms with Gasteiger partial charge in [-0.25, -0.2) is 14.8 Å². The van der Waals surface area contributed by atoms with E-state index in [4.69, 9.17) is 19.9 Å². The van der Waals surface area contributed by atoms with E-state index in [9.17, 15) is 36.9 Å². The molecule has 1 aliphatic rings. The molecule has 1 saturated heterocycles. The van der Waals surface area contributed by atoms with E-state index in [1.807, 2.05) is 28.8 Å². The van der Waals surface area contributed by atoms with Gasteiger partial charge in [0.05, 0.1) is 67.0 Å². The SMILES string of the molecule is Cc1cc(C(=O)NCCOCCOCCNC(=O)C2CCCN2C(=O)c2ccc(NCc3cnc4nc(N)[nH]c(=O)c4n3)cc2)cc(C)c1OC(=O)c1c2ccccc2[n+](CCCS(=O)(=O)O)c2ccccc12. The van der Waals surface area contributed by atoms with Crippen molar-refractivity contribution in [3.05, 3.63) is 135 Å². The van der Waals surface area contributed by atoms with Gasteiger partial charge >= 0.3 is 5.97 Å². The summed E-state index contributed by atoms with van der Waals surface area (Å²) in [5.41, 5.74) is 10.3. The van der Waals surface area contributed by atoms with Crippen LogP contribution in [0.25, 0.3) is 33.0 Å². The standard InChI is InChI=1S/C51H54N10O11S/c1-31-27-34(28-32(2)44(31)72-50(66)42-37-9-3-5-11-39(37)60(21-8-26-73(67,68)69)40-12-6-4-10-38(40)42)46(62)53-18-22-70-24-25-71-23-19-54-47(63)41-13-7-20-61(41)49(65)33-14-16-35(17-15-33)55-29-36-30-56-45-43(57-36)48(64)59-51(52)58-45/h3-6,9-12,14-17,27-28,30,41H,7-8,13,18-26,29H2,1-2H3,(H6-,52,53,54,55,56,58,59,62,63,64,65,67,68,69)/p+1. The van der Waals surface area contributed by atoms with E-state index in [2.05, 4.69) is 35.9 Å². The molecule has 3 amide bonds. The van der Waals surface area contributed by atoms with Crippen LogP contribution >= 0.6 is 0 Å². The molecule has 1 unspecified atom stereocenters. The number of nitrogen functional groups attached to an aromatic ring is 1. The molecule has 1 aliphatic heterocycles. The minimum absolute atomic E-state index is 0.0418. The van der Waals surface area contributed by atoms with Crippen molar-refractivity contribution in [3.8, 4) is 5.75 Å². The number of esters is 1. The number of rotatable bonds is 21. The molecule has 21 nitrogen and oxygen atoms in total. The molecule has 7 aromatic rings. The lowest BCUT2D eigenvalue weighted by molar-refractivity contribution is -0.645. The first kappa shape index (κ1) is 51.4. The number of hydrogen-bond donors (Lipinski definition) is 6. The van der Waals surface area contributed by atoms with Gasteiger partial charge < -0.3 is 40.8 Å². The highest BCUT2D eigenvalue weighted by Crippen LogP contribution is 2.30. The fraction of sp³-hybridized carbons (Fsp3) is 0.314. The molecule has 1 fully saturated rings. The molecule has 4 aromatic carbocycles. The number of carbonyl (C=O) groups excluding carboxylic acids is 4. The monoisotopic (exact) mass is 1020 g/mol. The molecule has 3 aromatic heterocycles. The number of aromatic amines is 1. The third-order valence-corrected chi connectivity index (χ3v) is 13.0. The first-order chi connectivity index (χ1) is 35.1. The van der Waals surface area contributed by atoms with Crippen LogP contribution in [0.1, 0.15) is 67.2 Å². The van der Waals surface area contributed by atoms with Gasteiger partial charge in [0.1, 0.15) is 11.8 Å². The number of nitrogens with one attached hydrogen (secondary N) is 4. The molecule has 0 bridgehead atoms. The Kier molecular flexibility index (Phi) is 16.3. The van der Waals surface area contributed by atoms with E-state index in [1.54, 1.807) is 79.4 Å². The number of fused-ring (bicyclic) bond motifs is 3. The number of aromatic nitrogens is 5. The predicted molar refractivity (Wildman–Crippen MR) is 271 cm³/mol. The number of ether oxygens (including phenoxy) is 3. The van der Waals surface area contributed by atoms with Crippen molar-refractivity contribution in [1.29, 1.82) is 0 Å². The largest absolute Gasteiger partial charge is 0.422 e. The number of aryl methyl sites for hydroxylation is 3. The average Bonchev–Trinajstić information content (AvgIpc) is 3.87. The number of nitrogens with zero attached hydrogens (tertiary/aromatic N) is 5. The average molecular weight is 1020 g/mol. The number of likely N-dealkylation sites (tertiary alicyclic amines) is 1. The summed E-state index contributed by atoms with van der Waals surface area (Å²) in [5, 5.41) is 10.1. The maximum atomic E-state index is 14.1. The van der Waals surface area contributed by atoms with Gasteiger partial charge in [0.25, 0.3) is 27.5 Å². The first-order valence-electron chi connectivity index (χ1n) is 23.6. The van der Waals surface area contributed by atoms with E-state index in [0.717, 1.165) is 0 Å². The van der Waals surface area contributed by atoms with Crippen LogP contribution in [0.2, 0.25) is 0 Å². The Morgan fingerprint density at radius 3 is 2.16 bits per heavy atom. The number of para-hydroxylation sites is 2. The fourth-order valence-electron chi connectivity index (χ4n) is 8.82. The molecule has 22 heteroatoms. The summed E-state index contributed by atoms with van der Waals surface area (Å²) in [4.78, 5) is 82.4. The van der Waals surface area contributed by atoms with Gasteiger partial charge in [0.15, 0.2) is 17.7 Å². The summed E-state index contributed by atoms with van der Waals surface area (Å²) in [6.07, 6.45) is 2.90. The van der Waals surface area contributed by atoms with Gasteiger partial charge in [-0.05, 0) is 86.3 Å². The molecule has 0 saturated carbocycles. The molecule has 0 aliphatic carbocycles. The highest BCUT2D eigenvalue weighted by molar-refractivity contribution is 7.85. The number of carbonyl (C=O) groups is 4. The van der Waals surface area contributed by atoms with Crippen molar-refractivity contribution in [2.45, 2.75) is 52.2 Å². The van der Waals surface area contributed by atoms with Crippen LogP contribution in [0, 0.1) is 13.8 Å². The van der Waals surface area contributed by atoms with Crippen molar-refractivity contribution < 1.29 is 50.9 Å². The van der Waals surface area contributed by atoms with Crippen molar-refractivity contribution in [2.24, 2.45) is 0 Å². The topological polar surface area (TPSA) is 291 Å². The van der Waals surface area contributed by atoms with E-state index in [0.29, 0.717) is 86.1 Å². The number of nitrogens with two attached hydrogens (primary N) is 1. The highest BCUT2D eigenvalue weighted by Gasteiger charge is 2.34. The lowest BCUT2D eigenvalue weighted by atomic mass is 10.0. The van der Waals surface area contributed by atoms with Crippen LogP contribution in [0.5, 0.6) is 5.75 Å². The zero-order valence-electron chi connectivity index (χ0n) is 40.2. The van der Waals surface area contributed by atoms with Crippen LogP contribution in [0.15, 0.2) is 95.9 Å². The molecule has 0 radical (unpaired) electrons. The maximum Gasteiger partial charge on any atom is 0.345 e. The molecular formula is C51H55N10O11S+. The fourth-order valence-corrected chi connectivity index (χ4v) is 9.31. The van der Waals surface area contributed by atoms with Gasteiger partial charge in [-0.3, -0.25) is 28.7 Å². The molecule has 380 valence electrons. The third kappa shape index (κ3) is 12.6. The quantitative estimate of drug-likeness (QED) is 0.0149. The van der Waals surface area contributed by atoms with Gasteiger partial charge in [-0.15, -0.1) is 0 Å². The summed E-state index contributed by atoms with van der Waals surface area (Å²) in [6, 6.07) is 24.1. The smallest absolute Gasteiger partial charge is 0.345 e. The Balaban J connectivity index is 0.736. The minimum Gasteiger partial charge on any atom is -0.422 e. The highest BCUT2D eigenvalue weighted by atomic mass is 32.2. The van der Waals surface area contributed by atoms with Crippen molar-refractivity contribution in [1.82, 2.24) is 35.5 Å². The molecule has 4 heterocycles. The van der Waals surface area contributed by atoms with Crippen molar-refractivity contribution in [3.63, 3.8) is 0 Å². The number of benzene rings is 4. The van der Waals surface area contributed by atoms with Crippen LogP contribution in [-0.4, -0.2) is 119 Å². The van der Waals surface area contributed by atoms with E-state index >= 15 is 0 Å². The summed E-state index contributed by atoms with van der Waals surface area (Å²) >= 11 is 0. The summed E-state index contributed by atoms with van der Waals surface area (Å²) < 4.78 is 51.5. The Bertz CT molecular complexity index is 3310. The number of anilines is 2. The van der Waals surface area contributed by atoms with Gasteiger partial charge in [-0.2, -0.15) is 18.0 Å². The molecule has 73 heavy (non-hydrogen) atoms. The zero-order valence-corrected chi connectivity index (χ0v) is 41.0. The predicted octanol–water partition coefficient (Wildman–Crippen LogP) is 3.80. The normalized spacial score (nSPS) is 13.6. The molecule has 0 spiro atoms. The Morgan fingerprint density at radius 1 is 0.863 bits per heavy atom. The second-order valence-corrected chi connectivity index (χ2v) is 18.9. The number of H-pyrrole nitrogens is 1. The Hall–Kier alpha value is -7.92. The molecular weight excluding hydrogens is 961 g/mol. The summed E-state index contributed by atoms with van der Waals surface area (Å²) in [6.45, 7) is 5.96. The summed E-state index contributed by atoms with van der Waals surface area (Å²) in [5.74, 6) is -1.55. The lowest BCUT2D eigenvalue weighted by Crippen LogP contribution is -2.46. The van der Waals surface area contributed by atoms with Crippen LogP contribution in [0.3, 0.4) is 0 Å². The Morgan fingerprint density at radius 2 is 1.51 bits per heavy atom. The van der Waals surface area contributed by atoms with E-state index < -0.39 is 33.4 Å². The second kappa shape index (κ2) is 23.1. The van der Waals surface area contributed by atoms with Gasteiger partial charge in [0, 0.05) is 55.0 Å². The molecule has 1 atom stereocenters. The van der Waals surface area contributed by atoms with Crippen LogP contribution in [-0.2, 0) is 37.5 Å².